The van der Waals surface area contributed by atoms with Crippen molar-refractivity contribution in [2.24, 2.45) is 5.90 Å². The fourth-order valence-corrected chi connectivity index (χ4v) is 2.32. The number of carbonyl (C=O) groups excluding carboxylic acids is 1. The minimum absolute atomic E-state index is 0.0112. The molecule has 2 aromatic carbocycles. The highest BCUT2D eigenvalue weighted by Crippen LogP contribution is 2.32. The summed E-state index contributed by atoms with van der Waals surface area (Å²) in [4.78, 5) is 17.1. The number of fused-ring (bicyclic) bond motifs is 2. The van der Waals surface area contributed by atoms with Gasteiger partial charge in [0.2, 0.25) is 0 Å². The molecule has 0 amide bonds. The van der Waals surface area contributed by atoms with Crippen molar-refractivity contribution in [2.75, 3.05) is 0 Å². The summed E-state index contributed by atoms with van der Waals surface area (Å²) in [5.41, 5.74) is 3.36. The number of ketones is 1. The van der Waals surface area contributed by atoms with Gasteiger partial charge >= 0.3 is 0 Å². The van der Waals surface area contributed by atoms with E-state index in [-0.39, 0.29) is 5.78 Å². The summed E-state index contributed by atoms with van der Waals surface area (Å²) in [6.45, 7) is 0. The predicted octanol–water partition coefficient (Wildman–Crippen LogP) is 2.07. The van der Waals surface area contributed by atoms with Gasteiger partial charge in [-0.1, -0.05) is 36.4 Å². The topological polar surface area (TPSA) is 52.3 Å². The zero-order chi connectivity index (χ0) is 11.8. The highest BCUT2D eigenvalue weighted by molar-refractivity contribution is 6.14. The predicted molar refractivity (Wildman–Crippen MR) is 63.9 cm³/mol. The summed E-state index contributed by atoms with van der Waals surface area (Å²) in [6, 6.07) is 13.1. The molecule has 0 aliphatic heterocycles. The molecule has 0 atom stereocenters. The molecule has 2 aromatic rings. The van der Waals surface area contributed by atoms with Crippen LogP contribution in [0.3, 0.4) is 0 Å². The van der Waals surface area contributed by atoms with Crippen LogP contribution >= 0.6 is 0 Å². The van der Waals surface area contributed by atoms with Gasteiger partial charge in [-0.15, -0.1) is 0 Å². The van der Waals surface area contributed by atoms with Crippen LogP contribution in [0.5, 0.6) is 5.75 Å². The molecule has 0 saturated carbocycles. The van der Waals surface area contributed by atoms with Crippen molar-refractivity contribution >= 4 is 5.78 Å². The molecule has 3 rings (SSSR count). The summed E-state index contributed by atoms with van der Waals surface area (Å²) in [5.74, 6) is 5.64. The van der Waals surface area contributed by atoms with Gasteiger partial charge in [-0.05, 0) is 23.6 Å². The molecule has 1 aliphatic rings. The van der Waals surface area contributed by atoms with Crippen molar-refractivity contribution in [1.82, 2.24) is 0 Å². The molecular weight excluding hydrogens is 214 g/mol. The van der Waals surface area contributed by atoms with E-state index in [1.165, 1.54) is 0 Å². The van der Waals surface area contributed by atoms with Crippen molar-refractivity contribution < 1.29 is 9.63 Å². The number of rotatable bonds is 1. The molecule has 17 heavy (non-hydrogen) atoms. The zero-order valence-electron chi connectivity index (χ0n) is 9.14. The first-order chi connectivity index (χ1) is 8.31. The monoisotopic (exact) mass is 225 g/mol. The van der Waals surface area contributed by atoms with Gasteiger partial charge in [0.1, 0.15) is 0 Å². The van der Waals surface area contributed by atoms with Gasteiger partial charge < -0.3 is 4.84 Å². The Hall–Kier alpha value is -2.13. The first-order valence-electron chi connectivity index (χ1n) is 5.42. The van der Waals surface area contributed by atoms with Gasteiger partial charge in [0.05, 0.1) is 5.56 Å². The van der Waals surface area contributed by atoms with Crippen LogP contribution in [0, 0.1) is 0 Å². The van der Waals surface area contributed by atoms with Crippen molar-refractivity contribution in [3.05, 3.63) is 64.7 Å². The smallest absolute Gasteiger partial charge is 0.197 e. The Morgan fingerprint density at radius 1 is 1.00 bits per heavy atom. The van der Waals surface area contributed by atoms with Crippen molar-refractivity contribution in [2.45, 2.75) is 6.42 Å². The molecule has 3 heteroatoms. The molecule has 0 aromatic heterocycles. The van der Waals surface area contributed by atoms with Gasteiger partial charge in [0.25, 0.3) is 0 Å². The third-order valence-electron chi connectivity index (χ3n) is 3.11. The van der Waals surface area contributed by atoms with Crippen LogP contribution in [0.25, 0.3) is 0 Å². The molecule has 0 heterocycles. The fraction of sp³-hybridized carbons (Fsp3) is 0.0714. The number of hydrogen-bond acceptors (Lipinski definition) is 3. The van der Waals surface area contributed by atoms with E-state index in [0.29, 0.717) is 11.3 Å². The minimum atomic E-state index is -0.0112. The van der Waals surface area contributed by atoms with Crippen molar-refractivity contribution in [3.8, 4) is 5.75 Å². The van der Waals surface area contributed by atoms with E-state index in [1.807, 2.05) is 36.4 Å². The summed E-state index contributed by atoms with van der Waals surface area (Å²) in [6.07, 6.45) is 0.744. The van der Waals surface area contributed by atoms with E-state index >= 15 is 0 Å². The second-order valence-corrected chi connectivity index (χ2v) is 4.07. The maximum atomic E-state index is 12.4. The fourth-order valence-electron chi connectivity index (χ4n) is 2.32. The van der Waals surface area contributed by atoms with E-state index in [2.05, 4.69) is 0 Å². The van der Waals surface area contributed by atoms with E-state index in [0.717, 1.165) is 23.1 Å². The molecule has 0 bridgehead atoms. The average molecular weight is 225 g/mol. The quantitative estimate of drug-likeness (QED) is 0.645. The lowest BCUT2D eigenvalue weighted by Gasteiger charge is -2.19. The van der Waals surface area contributed by atoms with E-state index in [9.17, 15) is 4.79 Å². The van der Waals surface area contributed by atoms with Crippen LogP contribution in [0.4, 0.5) is 0 Å². The standard InChI is InChI=1S/C14H11NO2/c15-17-12-7-3-5-10-8-9-4-1-2-6-11(9)14(16)13(10)12/h1-7H,8,15H2. The Kier molecular flexibility index (Phi) is 2.20. The van der Waals surface area contributed by atoms with Crippen LogP contribution in [0.15, 0.2) is 42.5 Å². The highest BCUT2D eigenvalue weighted by Gasteiger charge is 2.25. The minimum Gasteiger partial charge on any atom is -0.411 e. The van der Waals surface area contributed by atoms with E-state index in [1.54, 1.807) is 6.07 Å². The van der Waals surface area contributed by atoms with Gasteiger partial charge in [-0.2, -0.15) is 5.90 Å². The van der Waals surface area contributed by atoms with Crippen molar-refractivity contribution in [3.63, 3.8) is 0 Å². The van der Waals surface area contributed by atoms with Gasteiger partial charge in [0.15, 0.2) is 11.5 Å². The third kappa shape index (κ3) is 1.44. The third-order valence-corrected chi connectivity index (χ3v) is 3.11. The molecular formula is C14H11NO2. The molecule has 84 valence electrons. The zero-order valence-corrected chi connectivity index (χ0v) is 9.14. The average Bonchev–Trinajstić information content (AvgIpc) is 2.38. The normalized spacial score (nSPS) is 12.9. The van der Waals surface area contributed by atoms with Gasteiger partial charge in [0, 0.05) is 5.56 Å². The number of nitrogens with two attached hydrogens (primary N) is 1. The molecule has 0 radical (unpaired) electrons. The molecule has 0 saturated heterocycles. The van der Waals surface area contributed by atoms with E-state index < -0.39 is 0 Å². The Bertz CT molecular complexity index is 605. The van der Waals surface area contributed by atoms with Gasteiger partial charge in [-0.3, -0.25) is 4.79 Å². The number of benzene rings is 2. The van der Waals surface area contributed by atoms with Gasteiger partial charge in [-0.25, -0.2) is 0 Å². The van der Waals surface area contributed by atoms with Crippen LogP contribution < -0.4 is 10.7 Å². The summed E-state index contributed by atoms with van der Waals surface area (Å²) < 4.78 is 0. The summed E-state index contributed by atoms with van der Waals surface area (Å²) in [5, 5.41) is 0. The second-order valence-electron chi connectivity index (χ2n) is 4.07. The number of carbonyl (C=O) groups is 1. The summed E-state index contributed by atoms with van der Waals surface area (Å²) >= 11 is 0. The Morgan fingerprint density at radius 3 is 2.59 bits per heavy atom. The Morgan fingerprint density at radius 2 is 1.76 bits per heavy atom. The molecule has 1 aliphatic carbocycles. The first-order valence-corrected chi connectivity index (χ1v) is 5.42. The maximum absolute atomic E-state index is 12.4. The largest absolute Gasteiger partial charge is 0.411 e. The first kappa shape index (κ1) is 10.1. The lowest BCUT2D eigenvalue weighted by Crippen LogP contribution is -2.17. The number of hydrogen-bond donors (Lipinski definition) is 1. The lowest BCUT2D eigenvalue weighted by molar-refractivity contribution is 0.103. The van der Waals surface area contributed by atoms with Crippen molar-refractivity contribution in [1.29, 1.82) is 0 Å². The molecule has 2 N–H and O–H groups in total. The Labute approximate surface area is 98.8 Å². The molecule has 3 nitrogen and oxygen atoms in total. The lowest BCUT2D eigenvalue weighted by atomic mass is 9.85. The second kappa shape index (κ2) is 3.71. The molecule has 0 spiro atoms. The molecule has 0 unspecified atom stereocenters. The van der Waals surface area contributed by atoms with Crippen LogP contribution in [-0.4, -0.2) is 5.78 Å². The van der Waals surface area contributed by atoms with Crippen LogP contribution in [0.1, 0.15) is 27.0 Å². The highest BCUT2D eigenvalue weighted by atomic mass is 16.6. The molecule has 0 fully saturated rings. The van der Waals surface area contributed by atoms with Crippen LogP contribution in [-0.2, 0) is 6.42 Å². The van der Waals surface area contributed by atoms with E-state index in [4.69, 9.17) is 10.7 Å². The Balaban J connectivity index is 2.24. The SMILES string of the molecule is NOc1cccc2c1C(=O)c1ccccc1C2. The maximum Gasteiger partial charge on any atom is 0.197 e. The summed E-state index contributed by atoms with van der Waals surface area (Å²) in [7, 11) is 0. The van der Waals surface area contributed by atoms with Crippen LogP contribution in [0.2, 0.25) is 0 Å².